The molecule has 3 nitrogen and oxygen atoms in total. The van der Waals surface area contributed by atoms with Gasteiger partial charge in [-0.1, -0.05) is 12.8 Å². The average Bonchev–Trinajstić information content (AvgIpc) is 2.70. The fourth-order valence-corrected chi connectivity index (χ4v) is 2.34. The van der Waals surface area contributed by atoms with E-state index in [4.69, 9.17) is 0 Å². The van der Waals surface area contributed by atoms with Gasteiger partial charge in [0.2, 0.25) is 0 Å². The van der Waals surface area contributed by atoms with Gasteiger partial charge in [0.1, 0.15) is 12.1 Å². The molecule has 1 aliphatic rings. The highest BCUT2D eigenvalue weighted by Crippen LogP contribution is 2.28. The lowest BCUT2D eigenvalue weighted by Gasteiger charge is -2.20. The van der Waals surface area contributed by atoms with Crippen LogP contribution in [0.2, 0.25) is 0 Å². The molecule has 1 N–H and O–H groups in total. The number of hydrogen-bond donors (Lipinski definition) is 1. The fraction of sp³-hybridized carbons (Fsp3) is 0.667. The first kappa shape index (κ1) is 10.4. The molecule has 15 heavy (non-hydrogen) atoms. The van der Waals surface area contributed by atoms with Gasteiger partial charge in [0, 0.05) is 17.8 Å². The van der Waals surface area contributed by atoms with Crippen LogP contribution in [-0.2, 0) is 0 Å². The molecule has 0 spiro atoms. The first-order valence-corrected chi connectivity index (χ1v) is 5.81. The number of nitrogens with one attached hydrogen (secondary N) is 1. The van der Waals surface area contributed by atoms with Gasteiger partial charge < -0.3 is 5.32 Å². The number of aromatic nitrogens is 2. The minimum atomic E-state index is 0.529. The van der Waals surface area contributed by atoms with Gasteiger partial charge in [0.15, 0.2) is 0 Å². The van der Waals surface area contributed by atoms with Gasteiger partial charge in [-0.2, -0.15) is 0 Å². The minimum absolute atomic E-state index is 0.529. The Balaban J connectivity index is 1.95. The second kappa shape index (κ2) is 4.60. The summed E-state index contributed by atoms with van der Waals surface area (Å²) in [6.45, 7) is 4.25. The molecule has 1 atom stereocenters. The van der Waals surface area contributed by atoms with Gasteiger partial charge in [0.25, 0.3) is 0 Å². The molecular weight excluding hydrogens is 186 g/mol. The largest absolute Gasteiger partial charge is 0.367 e. The highest BCUT2D eigenvalue weighted by Gasteiger charge is 2.21. The van der Waals surface area contributed by atoms with E-state index in [-0.39, 0.29) is 0 Å². The molecule has 1 heterocycles. The Bertz CT molecular complexity index is 318. The molecule has 1 fully saturated rings. The van der Waals surface area contributed by atoms with E-state index in [9.17, 15) is 0 Å². The van der Waals surface area contributed by atoms with E-state index in [0.29, 0.717) is 6.04 Å². The van der Waals surface area contributed by atoms with E-state index in [1.54, 1.807) is 6.33 Å². The molecule has 0 amide bonds. The molecule has 3 heteroatoms. The van der Waals surface area contributed by atoms with Crippen molar-refractivity contribution in [3.05, 3.63) is 18.1 Å². The van der Waals surface area contributed by atoms with Crippen LogP contribution in [0.25, 0.3) is 0 Å². The van der Waals surface area contributed by atoms with Crippen molar-refractivity contribution in [3.63, 3.8) is 0 Å². The summed E-state index contributed by atoms with van der Waals surface area (Å²) in [7, 11) is 0. The third kappa shape index (κ3) is 2.67. The second-order valence-electron chi connectivity index (χ2n) is 4.52. The summed E-state index contributed by atoms with van der Waals surface area (Å²) in [4.78, 5) is 8.32. The number of aryl methyl sites for hydroxylation is 1. The predicted molar refractivity (Wildman–Crippen MR) is 61.8 cm³/mol. The molecule has 0 aromatic carbocycles. The first-order valence-electron chi connectivity index (χ1n) is 5.81. The molecule has 1 aliphatic carbocycles. The van der Waals surface area contributed by atoms with E-state index in [2.05, 4.69) is 22.2 Å². The molecule has 2 rings (SSSR count). The molecule has 1 saturated carbocycles. The van der Waals surface area contributed by atoms with Crippen LogP contribution < -0.4 is 5.32 Å². The van der Waals surface area contributed by atoms with E-state index in [1.165, 1.54) is 25.7 Å². The zero-order chi connectivity index (χ0) is 10.7. The highest BCUT2D eigenvalue weighted by molar-refractivity contribution is 5.35. The van der Waals surface area contributed by atoms with Crippen LogP contribution in [0.5, 0.6) is 0 Å². The average molecular weight is 205 g/mol. The molecule has 0 bridgehead atoms. The molecule has 0 saturated heterocycles. The summed E-state index contributed by atoms with van der Waals surface area (Å²) >= 11 is 0. The van der Waals surface area contributed by atoms with E-state index in [1.807, 2.05) is 13.0 Å². The van der Waals surface area contributed by atoms with Gasteiger partial charge in [-0.05, 0) is 32.6 Å². The maximum atomic E-state index is 4.23. The molecule has 82 valence electrons. The van der Waals surface area contributed by atoms with Gasteiger partial charge in [-0.15, -0.1) is 0 Å². The van der Waals surface area contributed by atoms with Crippen molar-refractivity contribution in [2.45, 2.75) is 45.6 Å². The van der Waals surface area contributed by atoms with Crippen molar-refractivity contribution in [3.8, 4) is 0 Å². The van der Waals surface area contributed by atoms with E-state index >= 15 is 0 Å². The number of anilines is 1. The van der Waals surface area contributed by atoms with Crippen LogP contribution in [0, 0.1) is 12.8 Å². The third-order valence-electron chi connectivity index (χ3n) is 3.29. The normalized spacial score (nSPS) is 19.1. The summed E-state index contributed by atoms with van der Waals surface area (Å²) in [5.41, 5.74) is 1.02. The monoisotopic (exact) mass is 205 g/mol. The molecular formula is C12H19N3. The standard InChI is InChI=1S/C12H19N3/c1-9-7-12(14-8-13-9)15-10(2)11-5-3-4-6-11/h7-8,10-11H,3-6H2,1-2H3,(H,13,14,15). The Morgan fingerprint density at radius 2 is 2.07 bits per heavy atom. The zero-order valence-corrected chi connectivity index (χ0v) is 9.53. The number of nitrogens with zero attached hydrogens (tertiary/aromatic N) is 2. The van der Waals surface area contributed by atoms with E-state index in [0.717, 1.165) is 17.4 Å². The van der Waals surface area contributed by atoms with Crippen molar-refractivity contribution in [2.24, 2.45) is 5.92 Å². The van der Waals surface area contributed by atoms with Crippen molar-refractivity contribution in [1.29, 1.82) is 0 Å². The lowest BCUT2D eigenvalue weighted by atomic mass is 10.00. The molecule has 0 aliphatic heterocycles. The van der Waals surface area contributed by atoms with Crippen LogP contribution in [0.4, 0.5) is 5.82 Å². The Kier molecular flexibility index (Phi) is 3.19. The van der Waals surface area contributed by atoms with Gasteiger partial charge >= 0.3 is 0 Å². The van der Waals surface area contributed by atoms with Crippen LogP contribution in [0.3, 0.4) is 0 Å². The van der Waals surface area contributed by atoms with Crippen molar-refractivity contribution in [2.75, 3.05) is 5.32 Å². The van der Waals surface area contributed by atoms with Gasteiger partial charge in [-0.3, -0.25) is 0 Å². The Hall–Kier alpha value is -1.12. The number of hydrogen-bond acceptors (Lipinski definition) is 3. The maximum Gasteiger partial charge on any atom is 0.129 e. The molecule has 1 unspecified atom stereocenters. The van der Waals surface area contributed by atoms with Crippen molar-refractivity contribution >= 4 is 5.82 Å². The van der Waals surface area contributed by atoms with Gasteiger partial charge in [-0.25, -0.2) is 9.97 Å². The first-order chi connectivity index (χ1) is 7.25. The van der Waals surface area contributed by atoms with Crippen molar-refractivity contribution < 1.29 is 0 Å². The SMILES string of the molecule is Cc1cc(NC(C)C2CCCC2)ncn1. The van der Waals surface area contributed by atoms with Crippen LogP contribution in [0.15, 0.2) is 12.4 Å². The number of rotatable bonds is 3. The van der Waals surface area contributed by atoms with Gasteiger partial charge in [0.05, 0.1) is 0 Å². The Labute approximate surface area is 91.3 Å². The quantitative estimate of drug-likeness (QED) is 0.824. The fourth-order valence-electron chi connectivity index (χ4n) is 2.34. The third-order valence-corrected chi connectivity index (χ3v) is 3.29. The summed E-state index contributed by atoms with van der Waals surface area (Å²) in [6, 6.07) is 2.53. The zero-order valence-electron chi connectivity index (χ0n) is 9.53. The Morgan fingerprint density at radius 3 is 2.73 bits per heavy atom. The summed E-state index contributed by atoms with van der Waals surface area (Å²) in [6.07, 6.45) is 7.12. The van der Waals surface area contributed by atoms with Crippen LogP contribution in [-0.4, -0.2) is 16.0 Å². The van der Waals surface area contributed by atoms with E-state index < -0.39 is 0 Å². The van der Waals surface area contributed by atoms with Crippen LogP contribution >= 0.6 is 0 Å². The van der Waals surface area contributed by atoms with Crippen molar-refractivity contribution in [1.82, 2.24) is 9.97 Å². The van der Waals surface area contributed by atoms with Crippen LogP contribution in [0.1, 0.15) is 38.3 Å². The summed E-state index contributed by atoms with van der Waals surface area (Å²) in [5, 5.41) is 3.47. The molecule has 1 aromatic rings. The molecule has 0 radical (unpaired) electrons. The minimum Gasteiger partial charge on any atom is -0.367 e. The summed E-state index contributed by atoms with van der Waals surface area (Å²) < 4.78 is 0. The highest BCUT2D eigenvalue weighted by atomic mass is 15.0. The second-order valence-corrected chi connectivity index (χ2v) is 4.52. The topological polar surface area (TPSA) is 37.8 Å². The summed E-state index contributed by atoms with van der Waals surface area (Å²) in [5.74, 6) is 1.78. The lowest BCUT2D eigenvalue weighted by molar-refractivity contribution is 0.481. The Morgan fingerprint density at radius 1 is 1.33 bits per heavy atom. The smallest absolute Gasteiger partial charge is 0.129 e. The maximum absolute atomic E-state index is 4.23. The molecule has 1 aromatic heterocycles. The predicted octanol–water partition coefficient (Wildman–Crippen LogP) is 2.78. The lowest BCUT2D eigenvalue weighted by Crippen LogP contribution is -2.24.